The topological polar surface area (TPSA) is 84.7 Å². The van der Waals surface area contributed by atoms with Gasteiger partial charge in [-0.1, -0.05) is 6.07 Å². The molecule has 0 saturated heterocycles. The van der Waals surface area contributed by atoms with Crippen molar-refractivity contribution in [2.24, 2.45) is 0 Å². The van der Waals surface area contributed by atoms with Gasteiger partial charge in [0.05, 0.1) is 6.54 Å². The molecular weight excluding hydrogens is 258 g/mol. The number of amides is 2. The van der Waals surface area contributed by atoms with Gasteiger partial charge in [0.1, 0.15) is 5.75 Å². The molecule has 0 bridgehead atoms. The highest BCUT2D eigenvalue weighted by Crippen LogP contribution is 2.13. The van der Waals surface area contributed by atoms with Crippen LogP contribution in [0.4, 0.5) is 5.69 Å². The maximum atomic E-state index is 11.7. The van der Waals surface area contributed by atoms with Gasteiger partial charge in [0.15, 0.2) is 6.61 Å². The summed E-state index contributed by atoms with van der Waals surface area (Å²) in [5, 5.41) is 2.53. The number of benzene rings is 1. The van der Waals surface area contributed by atoms with Crippen molar-refractivity contribution in [3.8, 4) is 5.75 Å². The molecule has 3 N–H and O–H groups in total. The number of rotatable bonds is 7. The molecular formula is C14H21N3O3. The minimum Gasteiger partial charge on any atom is -0.484 e. The first-order valence-electron chi connectivity index (χ1n) is 6.59. The van der Waals surface area contributed by atoms with E-state index in [0.29, 0.717) is 24.5 Å². The van der Waals surface area contributed by atoms with Gasteiger partial charge in [-0.05, 0) is 26.0 Å². The second-order valence-corrected chi connectivity index (χ2v) is 4.20. The zero-order valence-electron chi connectivity index (χ0n) is 11.9. The molecule has 6 heteroatoms. The molecule has 0 spiro atoms. The van der Waals surface area contributed by atoms with Crippen molar-refractivity contribution in [2.45, 2.75) is 13.8 Å². The van der Waals surface area contributed by atoms with Crippen LogP contribution in [-0.2, 0) is 9.59 Å². The molecule has 0 unspecified atom stereocenters. The number of nitrogen functional groups attached to an aromatic ring is 1. The SMILES string of the molecule is CCN(CC)C(=O)CNC(=O)COc1cccc(N)c1. The van der Waals surface area contributed by atoms with E-state index in [0.717, 1.165) is 0 Å². The predicted octanol–water partition coefficient (Wildman–Crippen LogP) is 0.632. The summed E-state index contributed by atoms with van der Waals surface area (Å²) < 4.78 is 5.28. The molecule has 6 nitrogen and oxygen atoms in total. The van der Waals surface area contributed by atoms with E-state index in [9.17, 15) is 9.59 Å². The Labute approximate surface area is 118 Å². The van der Waals surface area contributed by atoms with Crippen LogP contribution in [0, 0.1) is 0 Å². The van der Waals surface area contributed by atoms with Gasteiger partial charge in [0, 0.05) is 24.8 Å². The number of nitrogens with zero attached hydrogens (tertiary/aromatic N) is 1. The minimum atomic E-state index is -0.340. The number of likely N-dealkylation sites (N-methyl/N-ethyl adjacent to an activating group) is 1. The largest absolute Gasteiger partial charge is 0.484 e. The summed E-state index contributed by atoms with van der Waals surface area (Å²) >= 11 is 0. The van der Waals surface area contributed by atoms with Crippen molar-refractivity contribution < 1.29 is 14.3 Å². The van der Waals surface area contributed by atoms with Gasteiger partial charge >= 0.3 is 0 Å². The van der Waals surface area contributed by atoms with Gasteiger partial charge in [-0.15, -0.1) is 0 Å². The van der Waals surface area contributed by atoms with Crippen LogP contribution in [0.2, 0.25) is 0 Å². The summed E-state index contributed by atoms with van der Waals surface area (Å²) in [6.45, 7) is 4.89. The van der Waals surface area contributed by atoms with E-state index < -0.39 is 0 Å². The Bertz CT molecular complexity index is 459. The average Bonchev–Trinajstić information content (AvgIpc) is 2.44. The van der Waals surface area contributed by atoms with Crippen LogP contribution in [0.5, 0.6) is 5.75 Å². The average molecular weight is 279 g/mol. The maximum absolute atomic E-state index is 11.7. The zero-order valence-corrected chi connectivity index (χ0v) is 11.9. The lowest BCUT2D eigenvalue weighted by Crippen LogP contribution is -2.41. The normalized spacial score (nSPS) is 9.90. The highest BCUT2D eigenvalue weighted by Gasteiger charge is 2.11. The molecule has 0 heterocycles. The summed E-state index contributed by atoms with van der Waals surface area (Å²) in [7, 11) is 0. The Morgan fingerprint density at radius 2 is 2.00 bits per heavy atom. The second-order valence-electron chi connectivity index (χ2n) is 4.20. The van der Waals surface area contributed by atoms with Crippen LogP contribution in [0.3, 0.4) is 0 Å². The second kappa shape index (κ2) is 8.04. The lowest BCUT2D eigenvalue weighted by Gasteiger charge is -2.18. The molecule has 1 aromatic rings. The van der Waals surface area contributed by atoms with Gasteiger partial charge in [-0.25, -0.2) is 0 Å². The Kier molecular flexibility index (Phi) is 6.36. The molecule has 1 aromatic carbocycles. The van der Waals surface area contributed by atoms with Crippen LogP contribution in [0.25, 0.3) is 0 Å². The van der Waals surface area contributed by atoms with E-state index >= 15 is 0 Å². The van der Waals surface area contributed by atoms with Crippen molar-refractivity contribution >= 4 is 17.5 Å². The number of nitrogens with two attached hydrogens (primary N) is 1. The summed E-state index contributed by atoms with van der Waals surface area (Å²) in [6, 6.07) is 6.82. The van der Waals surface area contributed by atoms with Crippen molar-refractivity contribution in [3.63, 3.8) is 0 Å². The molecule has 0 radical (unpaired) electrons. The quantitative estimate of drug-likeness (QED) is 0.717. The van der Waals surface area contributed by atoms with Gasteiger partial charge in [-0.3, -0.25) is 9.59 Å². The molecule has 20 heavy (non-hydrogen) atoms. The van der Waals surface area contributed by atoms with Gasteiger partial charge in [0.25, 0.3) is 5.91 Å². The standard InChI is InChI=1S/C14H21N3O3/c1-3-17(4-2)14(19)9-16-13(18)10-20-12-7-5-6-11(15)8-12/h5-8H,3-4,9-10,15H2,1-2H3,(H,16,18). The number of nitrogens with one attached hydrogen (secondary N) is 1. The number of hydrogen-bond donors (Lipinski definition) is 2. The van der Waals surface area contributed by atoms with Crippen LogP contribution in [0.1, 0.15) is 13.8 Å². The van der Waals surface area contributed by atoms with Crippen molar-refractivity contribution in [1.29, 1.82) is 0 Å². The van der Waals surface area contributed by atoms with E-state index in [1.54, 1.807) is 29.2 Å². The summed E-state index contributed by atoms with van der Waals surface area (Å²) in [5.74, 6) is 0.0791. The summed E-state index contributed by atoms with van der Waals surface area (Å²) in [4.78, 5) is 24.9. The Hall–Kier alpha value is -2.24. The van der Waals surface area contributed by atoms with Crippen molar-refractivity contribution in [3.05, 3.63) is 24.3 Å². The van der Waals surface area contributed by atoms with E-state index in [1.807, 2.05) is 13.8 Å². The third-order valence-corrected chi connectivity index (χ3v) is 2.78. The van der Waals surface area contributed by atoms with Crippen molar-refractivity contribution in [1.82, 2.24) is 10.2 Å². The van der Waals surface area contributed by atoms with Crippen LogP contribution >= 0.6 is 0 Å². The Balaban J connectivity index is 2.32. The first-order chi connectivity index (χ1) is 9.56. The molecule has 0 aromatic heterocycles. The smallest absolute Gasteiger partial charge is 0.258 e. The van der Waals surface area contributed by atoms with Crippen molar-refractivity contribution in [2.75, 3.05) is 32.0 Å². The number of ether oxygens (including phenoxy) is 1. The molecule has 0 aliphatic carbocycles. The monoisotopic (exact) mass is 279 g/mol. The molecule has 0 saturated carbocycles. The highest BCUT2D eigenvalue weighted by molar-refractivity contribution is 5.85. The van der Waals surface area contributed by atoms with E-state index in [-0.39, 0.29) is 25.0 Å². The summed E-state index contributed by atoms with van der Waals surface area (Å²) in [6.07, 6.45) is 0. The lowest BCUT2D eigenvalue weighted by molar-refractivity contribution is -0.133. The Morgan fingerprint density at radius 1 is 1.30 bits per heavy atom. The van der Waals surface area contributed by atoms with E-state index in [1.165, 1.54) is 0 Å². The van der Waals surface area contributed by atoms with Gasteiger partial charge in [-0.2, -0.15) is 0 Å². The Morgan fingerprint density at radius 3 is 2.60 bits per heavy atom. The number of hydrogen-bond acceptors (Lipinski definition) is 4. The molecule has 2 amide bonds. The first-order valence-corrected chi connectivity index (χ1v) is 6.59. The number of carbonyl (C=O) groups is 2. The first kappa shape index (κ1) is 15.8. The summed E-state index contributed by atoms with van der Waals surface area (Å²) in [5.41, 5.74) is 6.17. The minimum absolute atomic E-state index is 0.0131. The lowest BCUT2D eigenvalue weighted by atomic mass is 10.3. The highest BCUT2D eigenvalue weighted by atomic mass is 16.5. The molecule has 0 atom stereocenters. The maximum Gasteiger partial charge on any atom is 0.258 e. The van der Waals surface area contributed by atoms with Crippen LogP contribution < -0.4 is 15.8 Å². The van der Waals surface area contributed by atoms with E-state index in [2.05, 4.69) is 5.32 Å². The fraction of sp³-hybridized carbons (Fsp3) is 0.429. The molecule has 0 aliphatic heterocycles. The molecule has 0 aliphatic rings. The zero-order chi connectivity index (χ0) is 15.0. The fourth-order valence-corrected chi connectivity index (χ4v) is 1.67. The number of carbonyl (C=O) groups excluding carboxylic acids is 2. The third kappa shape index (κ3) is 5.17. The van der Waals surface area contributed by atoms with E-state index in [4.69, 9.17) is 10.5 Å². The van der Waals surface area contributed by atoms with Gasteiger partial charge < -0.3 is 20.7 Å². The molecule has 1 rings (SSSR count). The third-order valence-electron chi connectivity index (χ3n) is 2.78. The van der Waals surface area contributed by atoms with Crippen LogP contribution in [-0.4, -0.2) is 43.0 Å². The van der Waals surface area contributed by atoms with Crippen LogP contribution in [0.15, 0.2) is 24.3 Å². The predicted molar refractivity (Wildman–Crippen MR) is 77.3 cm³/mol. The molecule has 0 fully saturated rings. The fourth-order valence-electron chi connectivity index (χ4n) is 1.67. The molecule has 110 valence electrons. The van der Waals surface area contributed by atoms with Gasteiger partial charge in [0.2, 0.25) is 5.91 Å². The number of anilines is 1.